The number of aromatic nitrogens is 1. The van der Waals surface area contributed by atoms with Crippen molar-refractivity contribution < 1.29 is 9.32 Å². The van der Waals surface area contributed by atoms with Crippen molar-refractivity contribution in [2.75, 3.05) is 45.8 Å². The first-order chi connectivity index (χ1) is 11.9. The van der Waals surface area contributed by atoms with Gasteiger partial charge in [0.2, 0.25) is 0 Å². The molecule has 0 N–H and O–H groups in total. The van der Waals surface area contributed by atoms with Crippen molar-refractivity contribution in [3.63, 3.8) is 0 Å². The van der Waals surface area contributed by atoms with Crippen molar-refractivity contribution in [2.24, 2.45) is 11.8 Å². The van der Waals surface area contributed by atoms with E-state index in [4.69, 9.17) is 4.52 Å². The first kappa shape index (κ1) is 19.9. The van der Waals surface area contributed by atoms with E-state index in [2.05, 4.69) is 49.6 Å². The minimum absolute atomic E-state index is 0.0202. The number of piperazine rings is 1. The topological polar surface area (TPSA) is 52.8 Å². The Hall–Kier alpha value is -1.40. The molecule has 1 amide bonds. The summed E-state index contributed by atoms with van der Waals surface area (Å²) in [7, 11) is 0. The van der Waals surface area contributed by atoms with Gasteiger partial charge in [0.05, 0.1) is 6.54 Å². The van der Waals surface area contributed by atoms with Gasteiger partial charge in [-0.1, -0.05) is 39.8 Å². The van der Waals surface area contributed by atoms with Crippen LogP contribution in [-0.4, -0.2) is 71.6 Å². The highest BCUT2D eigenvalue weighted by Crippen LogP contribution is 2.14. The van der Waals surface area contributed by atoms with Crippen LogP contribution < -0.4 is 0 Å². The summed E-state index contributed by atoms with van der Waals surface area (Å²) >= 11 is 0. The number of hydrogen-bond donors (Lipinski definition) is 0. The molecule has 0 radical (unpaired) electrons. The highest BCUT2D eigenvalue weighted by atomic mass is 16.5. The van der Waals surface area contributed by atoms with Crippen LogP contribution in [0.15, 0.2) is 10.6 Å². The molecule has 1 aromatic heterocycles. The molecule has 0 aliphatic carbocycles. The van der Waals surface area contributed by atoms with Crippen molar-refractivity contribution in [2.45, 2.75) is 41.2 Å². The van der Waals surface area contributed by atoms with E-state index in [1.165, 1.54) is 0 Å². The summed E-state index contributed by atoms with van der Waals surface area (Å²) in [5.41, 5.74) is 0.434. The molecule has 0 atom stereocenters. The minimum Gasteiger partial charge on any atom is -0.359 e. The van der Waals surface area contributed by atoms with Crippen LogP contribution in [0.5, 0.6) is 0 Å². The lowest BCUT2D eigenvalue weighted by Gasteiger charge is -2.33. The molecule has 0 spiro atoms. The van der Waals surface area contributed by atoms with Crippen molar-refractivity contribution in [3.8, 4) is 0 Å². The molecule has 1 aromatic rings. The molecule has 142 valence electrons. The molecule has 25 heavy (non-hydrogen) atoms. The average molecular weight is 351 g/mol. The molecule has 1 saturated heterocycles. The number of likely N-dealkylation sites (N-methyl/N-ethyl adjacent to an activating group) is 1. The molecular formula is C19H34N4O2. The van der Waals surface area contributed by atoms with Gasteiger partial charge in [-0.05, 0) is 18.4 Å². The zero-order valence-electron chi connectivity index (χ0n) is 16.5. The molecule has 0 unspecified atom stereocenters. The van der Waals surface area contributed by atoms with Crippen molar-refractivity contribution in [3.05, 3.63) is 17.5 Å². The van der Waals surface area contributed by atoms with Gasteiger partial charge < -0.3 is 14.3 Å². The van der Waals surface area contributed by atoms with Crippen molar-refractivity contribution >= 4 is 5.91 Å². The molecule has 0 bridgehead atoms. The van der Waals surface area contributed by atoms with Gasteiger partial charge in [-0.3, -0.25) is 9.69 Å². The van der Waals surface area contributed by atoms with Gasteiger partial charge in [-0.2, -0.15) is 0 Å². The SMILES string of the molecule is CCN1CCN(Cc2cc(C(=O)N(CC(C)C)CC(C)C)no2)CC1. The Kier molecular flexibility index (Phi) is 7.44. The molecule has 0 aromatic carbocycles. The Morgan fingerprint density at radius 2 is 1.68 bits per heavy atom. The average Bonchev–Trinajstić information content (AvgIpc) is 3.02. The van der Waals surface area contributed by atoms with Gasteiger partial charge >= 0.3 is 0 Å². The fraction of sp³-hybridized carbons (Fsp3) is 0.789. The van der Waals surface area contributed by atoms with E-state index in [1.54, 1.807) is 0 Å². The van der Waals surface area contributed by atoms with Crippen LogP contribution in [0.3, 0.4) is 0 Å². The van der Waals surface area contributed by atoms with E-state index >= 15 is 0 Å². The summed E-state index contributed by atoms with van der Waals surface area (Å²) in [5.74, 6) is 1.63. The Bertz CT molecular complexity index is 523. The summed E-state index contributed by atoms with van der Waals surface area (Å²) in [4.78, 5) is 19.5. The number of nitrogens with zero attached hydrogens (tertiary/aromatic N) is 4. The van der Waals surface area contributed by atoms with Gasteiger partial charge in [-0.25, -0.2) is 0 Å². The van der Waals surface area contributed by atoms with Crippen LogP contribution >= 0.6 is 0 Å². The van der Waals surface area contributed by atoms with Crippen LogP contribution in [0.4, 0.5) is 0 Å². The molecule has 1 aliphatic heterocycles. The molecule has 2 rings (SSSR count). The highest BCUT2D eigenvalue weighted by Gasteiger charge is 2.23. The summed E-state index contributed by atoms with van der Waals surface area (Å²) in [6, 6.07) is 1.82. The first-order valence-electron chi connectivity index (χ1n) is 9.58. The summed E-state index contributed by atoms with van der Waals surface area (Å²) < 4.78 is 5.45. The second-order valence-corrected chi connectivity index (χ2v) is 7.89. The van der Waals surface area contributed by atoms with Gasteiger partial charge in [0.1, 0.15) is 0 Å². The van der Waals surface area contributed by atoms with Gasteiger partial charge in [-0.15, -0.1) is 0 Å². The Morgan fingerprint density at radius 3 is 2.20 bits per heavy atom. The van der Waals surface area contributed by atoms with Crippen molar-refractivity contribution in [1.29, 1.82) is 0 Å². The van der Waals surface area contributed by atoms with E-state index in [1.807, 2.05) is 11.0 Å². The zero-order valence-corrected chi connectivity index (χ0v) is 16.5. The number of carbonyl (C=O) groups is 1. The van der Waals surface area contributed by atoms with Crippen LogP contribution in [-0.2, 0) is 6.54 Å². The molecule has 0 saturated carbocycles. The largest absolute Gasteiger partial charge is 0.359 e. The number of rotatable bonds is 8. The van der Waals surface area contributed by atoms with Gasteiger partial charge in [0, 0.05) is 45.3 Å². The van der Waals surface area contributed by atoms with E-state index in [-0.39, 0.29) is 5.91 Å². The maximum Gasteiger partial charge on any atom is 0.276 e. The Balaban J connectivity index is 1.95. The lowest BCUT2D eigenvalue weighted by molar-refractivity contribution is 0.0704. The summed E-state index contributed by atoms with van der Waals surface area (Å²) in [6.45, 7) is 18.3. The van der Waals surface area contributed by atoms with Crippen LogP contribution in [0.25, 0.3) is 0 Å². The zero-order chi connectivity index (χ0) is 18.4. The second kappa shape index (κ2) is 9.34. The lowest BCUT2D eigenvalue weighted by atomic mass is 10.1. The second-order valence-electron chi connectivity index (χ2n) is 7.89. The molecule has 6 heteroatoms. The van der Waals surface area contributed by atoms with Gasteiger partial charge in [0.15, 0.2) is 11.5 Å². The van der Waals surface area contributed by atoms with Crippen LogP contribution in [0.2, 0.25) is 0 Å². The van der Waals surface area contributed by atoms with Gasteiger partial charge in [0.25, 0.3) is 5.91 Å². The lowest BCUT2D eigenvalue weighted by Crippen LogP contribution is -2.45. The fourth-order valence-electron chi connectivity index (χ4n) is 3.26. The van der Waals surface area contributed by atoms with Crippen LogP contribution in [0, 0.1) is 11.8 Å². The van der Waals surface area contributed by atoms with Crippen LogP contribution in [0.1, 0.15) is 50.9 Å². The fourth-order valence-corrected chi connectivity index (χ4v) is 3.26. The minimum atomic E-state index is -0.0202. The normalized spacial score (nSPS) is 16.8. The number of amides is 1. The predicted octanol–water partition coefficient (Wildman–Crippen LogP) is 2.57. The molecule has 1 aliphatic rings. The Morgan fingerprint density at radius 1 is 1.12 bits per heavy atom. The molecule has 2 heterocycles. The maximum atomic E-state index is 12.8. The molecule has 1 fully saturated rings. The third-order valence-electron chi connectivity index (χ3n) is 4.53. The maximum absolute atomic E-state index is 12.8. The van der Waals surface area contributed by atoms with E-state index in [9.17, 15) is 4.79 Å². The monoisotopic (exact) mass is 350 g/mol. The predicted molar refractivity (Wildman–Crippen MR) is 99.5 cm³/mol. The highest BCUT2D eigenvalue weighted by molar-refractivity contribution is 5.92. The third kappa shape index (κ3) is 6.12. The summed E-state index contributed by atoms with van der Waals surface area (Å²) in [5, 5.41) is 4.04. The molecular weight excluding hydrogens is 316 g/mol. The van der Waals surface area contributed by atoms with E-state index in [0.29, 0.717) is 17.5 Å². The first-order valence-corrected chi connectivity index (χ1v) is 9.58. The Labute approximate surface area is 152 Å². The van der Waals surface area contributed by atoms with E-state index < -0.39 is 0 Å². The van der Waals surface area contributed by atoms with E-state index in [0.717, 1.165) is 58.1 Å². The smallest absolute Gasteiger partial charge is 0.276 e. The standard InChI is InChI=1S/C19H34N4O2/c1-6-21-7-9-22(10-8-21)14-17-11-18(20-25-17)19(24)23(12-15(2)3)13-16(4)5/h11,15-16H,6-10,12-14H2,1-5H3. The quantitative estimate of drug-likeness (QED) is 0.721. The number of hydrogen-bond acceptors (Lipinski definition) is 5. The molecule has 6 nitrogen and oxygen atoms in total. The third-order valence-corrected chi connectivity index (χ3v) is 4.53. The van der Waals surface area contributed by atoms with Crippen molar-refractivity contribution in [1.82, 2.24) is 19.9 Å². The number of carbonyl (C=O) groups excluding carboxylic acids is 1. The summed E-state index contributed by atoms with van der Waals surface area (Å²) in [6.07, 6.45) is 0.